The largest absolute Gasteiger partial charge is 0.396 e. The zero-order valence-electron chi connectivity index (χ0n) is 10.2. The summed E-state index contributed by atoms with van der Waals surface area (Å²) in [7, 11) is 0. The molecular formula is C14H16FNO2. The van der Waals surface area contributed by atoms with E-state index in [-0.39, 0.29) is 24.1 Å². The maximum absolute atomic E-state index is 13.5. The summed E-state index contributed by atoms with van der Waals surface area (Å²) in [6.45, 7) is 1.88. The molecule has 3 nitrogen and oxygen atoms in total. The van der Waals surface area contributed by atoms with Gasteiger partial charge in [-0.1, -0.05) is 23.8 Å². The molecule has 0 unspecified atom stereocenters. The number of halogens is 1. The van der Waals surface area contributed by atoms with Gasteiger partial charge in [0.15, 0.2) is 0 Å². The van der Waals surface area contributed by atoms with Crippen molar-refractivity contribution in [3.8, 4) is 0 Å². The molecule has 0 aliphatic heterocycles. The number of hydrogen-bond acceptors (Lipinski definition) is 2. The van der Waals surface area contributed by atoms with Crippen LogP contribution in [0.15, 0.2) is 30.4 Å². The van der Waals surface area contributed by atoms with Gasteiger partial charge < -0.3 is 10.4 Å². The second-order valence-electron chi connectivity index (χ2n) is 4.63. The summed E-state index contributed by atoms with van der Waals surface area (Å²) >= 11 is 0. The van der Waals surface area contributed by atoms with Gasteiger partial charge in [0, 0.05) is 18.6 Å². The molecule has 0 fully saturated rings. The Balaban J connectivity index is 2.04. The zero-order chi connectivity index (χ0) is 13.1. The Morgan fingerprint density at radius 3 is 2.94 bits per heavy atom. The molecule has 0 spiro atoms. The van der Waals surface area contributed by atoms with Crippen LogP contribution in [0.5, 0.6) is 0 Å². The van der Waals surface area contributed by atoms with Crippen LogP contribution in [0.4, 0.5) is 4.39 Å². The summed E-state index contributed by atoms with van der Waals surface area (Å²) in [6, 6.07) is 4.33. The van der Waals surface area contributed by atoms with E-state index in [9.17, 15) is 9.18 Å². The number of aryl methyl sites for hydroxylation is 1. The molecule has 1 amide bonds. The molecule has 0 saturated carbocycles. The number of nitrogens with one attached hydrogen (secondary N) is 1. The highest BCUT2D eigenvalue weighted by Crippen LogP contribution is 2.18. The van der Waals surface area contributed by atoms with Crippen LogP contribution in [-0.4, -0.2) is 23.7 Å². The minimum atomic E-state index is -0.515. The fourth-order valence-electron chi connectivity index (χ4n) is 2.08. The van der Waals surface area contributed by atoms with Crippen LogP contribution in [0.25, 0.3) is 0 Å². The van der Waals surface area contributed by atoms with Crippen molar-refractivity contribution in [1.82, 2.24) is 5.32 Å². The highest BCUT2D eigenvalue weighted by molar-refractivity contribution is 5.95. The fraction of sp³-hybridized carbons (Fsp3) is 0.357. The highest BCUT2D eigenvalue weighted by Gasteiger charge is 2.21. The van der Waals surface area contributed by atoms with Gasteiger partial charge in [0.05, 0.1) is 5.56 Å². The summed E-state index contributed by atoms with van der Waals surface area (Å²) in [4.78, 5) is 11.9. The van der Waals surface area contributed by atoms with Gasteiger partial charge in [0.2, 0.25) is 0 Å². The number of rotatable bonds is 3. The van der Waals surface area contributed by atoms with E-state index in [1.165, 1.54) is 12.1 Å². The Bertz CT molecular complexity index is 485. The average molecular weight is 249 g/mol. The van der Waals surface area contributed by atoms with Gasteiger partial charge in [-0.05, 0) is 25.5 Å². The average Bonchev–Trinajstić information content (AvgIpc) is 2.80. The lowest BCUT2D eigenvalue weighted by molar-refractivity contribution is 0.0937. The first-order valence-corrected chi connectivity index (χ1v) is 5.96. The third-order valence-corrected chi connectivity index (χ3v) is 3.09. The van der Waals surface area contributed by atoms with E-state index in [2.05, 4.69) is 5.32 Å². The van der Waals surface area contributed by atoms with Crippen LogP contribution >= 0.6 is 0 Å². The van der Waals surface area contributed by atoms with Gasteiger partial charge in [-0.15, -0.1) is 0 Å². The Kier molecular flexibility index (Phi) is 3.77. The van der Waals surface area contributed by atoms with Crippen LogP contribution in [0.3, 0.4) is 0 Å². The van der Waals surface area contributed by atoms with E-state index in [0.29, 0.717) is 6.42 Å². The molecule has 0 aromatic heterocycles. The second kappa shape index (κ2) is 5.31. The van der Waals surface area contributed by atoms with Gasteiger partial charge >= 0.3 is 0 Å². The molecule has 1 aliphatic carbocycles. The van der Waals surface area contributed by atoms with Crippen LogP contribution in [0, 0.1) is 18.7 Å². The van der Waals surface area contributed by atoms with Crippen molar-refractivity contribution in [1.29, 1.82) is 0 Å². The summed E-state index contributed by atoms with van der Waals surface area (Å²) < 4.78 is 13.5. The van der Waals surface area contributed by atoms with Gasteiger partial charge in [0.1, 0.15) is 5.82 Å². The zero-order valence-corrected chi connectivity index (χ0v) is 10.2. The second-order valence-corrected chi connectivity index (χ2v) is 4.63. The minimum absolute atomic E-state index is 0.0656. The topological polar surface area (TPSA) is 49.3 Å². The van der Waals surface area contributed by atoms with Gasteiger partial charge in [-0.3, -0.25) is 4.79 Å². The molecule has 18 heavy (non-hydrogen) atoms. The first-order chi connectivity index (χ1) is 8.60. The summed E-state index contributed by atoms with van der Waals surface area (Å²) in [5.74, 6) is -0.846. The van der Waals surface area contributed by atoms with E-state index in [1.54, 1.807) is 6.07 Å². The Labute approximate surface area is 105 Å². The van der Waals surface area contributed by atoms with E-state index >= 15 is 0 Å². The molecule has 4 heteroatoms. The smallest absolute Gasteiger partial charge is 0.254 e. The van der Waals surface area contributed by atoms with Gasteiger partial charge in [0.25, 0.3) is 5.91 Å². The monoisotopic (exact) mass is 249 g/mol. The molecule has 0 bridgehead atoms. The number of aliphatic hydroxyl groups excluding tert-OH is 1. The number of amides is 1. The molecule has 2 atom stereocenters. The molecule has 0 radical (unpaired) electrons. The van der Waals surface area contributed by atoms with Crippen molar-refractivity contribution >= 4 is 5.91 Å². The molecule has 1 aromatic rings. The molecule has 0 heterocycles. The highest BCUT2D eigenvalue weighted by atomic mass is 19.1. The lowest BCUT2D eigenvalue weighted by Crippen LogP contribution is -2.33. The van der Waals surface area contributed by atoms with Crippen LogP contribution in [0.1, 0.15) is 22.3 Å². The molecule has 1 aliphatic rings. The normalized spacial score (nSPS) is 22.2. The molecule has 96 valence electrons. The molecule has 1 aromatic carbocycles. The van der Waals surface area contributed by atoms with Crippen molar-refractivity contribution in [3.05, 3.63) is 47.3 Å². The quantitative estimate of drug-likeness (QED) is 0.802. The lowest BCUT2D eigenvalue weighted by atomic mass is 10.1. The van der Waals surface area contributed by atoms with Crippen molar-refractivity contribution < 1.29 is 14.3 Å². The molecule has 2 rings (SSSR count). The van der Waals surface area contributed by atoms with E-state index in [0.717, 1.165) is 5.56 Å². The maximum Gasteiger partial charge on any atom is 0.254 e. The summed E-state index contributed by atoms with van der Waals surface area (Å²) in [5, 5.41) is 11.7. The number of carbonyl (C=O) groups excluding carboxylic acids is 1. The third-order valence-electron chi connectivity index (χ3n) is 3.09. The van der Waals surface area contributed by atoms with Crippen molar-refractivity contribution in [3.63, 3.8) is 0 Å². The van der Waals surface area contributed by atoms with Crippen molar-refractivity contribution in [2.45, 2.75) is 19.4 Å². The molecule has 0 saturated heterocycles. The fourth-order valence-corrected chi connectivity index (χ4v) is 2.08. The number of aliphatic hydroxyl groups is 1. The predicted molar refractivity (Wildman–Crippen MR) is 66.7 cm³/mol. The third kappa shape index (κ3) is 2.76. The first-order valence-electron chi connectivity index (χ1n) is 5.96. The molecular weight excluding hydrogens is 233 g/mol. The maximum atomic E-state index is 13.5. The Hall–Kier alpha value is -1.68. The van der Waals surface area contributed by atoms with Crippen LogP contribution in [0.2, 0.25) is 0 Å². The van der Waals surface area contributed by atoms with Gasteiger partial charge in [-0.25, -0.2) is 4.39 Å². The lowest BCUT2D eigenvalue weighted by Gasteiger charge is -2.13. The Morgan fingerprint density at radius 2 is 2.28 bits per heavy atom. The van der Waals surface area contributed by atoms with Crippen LogP contribution < -0.4 is 5.32 Å². The summed E-state index contributed by atoms with van der Waals surface area (Å²) in [6.07, 6.45) is 4.37. The number of benzene rings is 1. The van der Waals surface area contributed by atoms with E-state index in [4.69, 9.17) is 5.11 Å². The van der Waals surface area contributed by atoms with Crippen molar-refractivity contribution in [2.75, 3.05) is 6.61 Å². The van der Waals surface area contributed by atoms with Crippen molar-refractivity contribution in [2.24, 2.45) is 5.92 Å². The van der Waals surface area contributed by atoms with E-state index < -0.39 is 11.7 Å². The van der Waals surface area contributed by atoms with Gasteiger partial charge in [-0.2, -0.15) is 0 Å². The number of hydrogen-bond donors (Lipinski definition) is 2. The predicted octanol–water partition coefficient (Wildman–Crippen LogP) is 1.80. The SMILES string of the molecule is Cc1ccc(F)c(C(=O)N[C@@H]2C=C[C@H](CO)C2)c1. The minimum Gasteiger partial charge on any atom is -0.396 e. The summed E-state index contributed by atoms with van der Waals surface area (Å²) in [5.41, 5.74) is 0.910. The Morgan fingerprint density at radius 1 is 1.50 bits per heavy atom. The standard InChI is InChI=1S/C14H16FNO2/c1-9-2-5-13(15)12(6-9)14(18)16-11-4-3-10(7-11)8-17/h2-6,10-11,17H,7-8H2,1H3,(H,16,18)/t10-,11+/m0/s1. The van der Waals surface area contributed by atoms with E-state index in [1.807, 2.05) is 19.1 Å². The molecule has 2 N–H and O–H groups in total. The first kappa shape index (κ1) is 12.8. The number of carbonyl (C=O) groups is 1. The van der Waals surface area contributed by atoms with Crippen LogP contribution in [-0.2, 0) is 0 Å².